The molecule has 0 bridgehead atoms. The van der Waals surface area contributed by atoms with Gasteiger partial charge in [-0.3, -0.25) is 4.98 Å². The maximum absolute atomic E-state index is 12.9. The summed E-state index contributed by atoms with van der Waals surface area (Å²) in [6.45, 7) is 13.0. The van der Waals surface area contributed by atoms with Crippen molar-refractivity contribution in [2.45, 2.75) is 119 Å². The number of benzene rings is 4. The zero-order valence-electron chi connectivity index (χ0n) is 40.3. The molecule has 69 heavy (non-hydrogen) atoms. The number of ether oxygens (including phenoxy) is 6. The number of nitrogens with one attached hydrogen (secondary N) is 1. The predicted molar refractivity (Wildman–Crippen MR) is 255 cm³/mol. The van der Waals surface area contributed by atoms with Crippen LogP contribution in [-0.4, -0.2) is 63.5 Å². The molecular weight excluding hydrogens is 899 g/mol. The highest BCUT2D eigenvalue weighted by Gasteiger charge is 2.23. The van der Waals surface area contributed by atoms with Crippen molar-refractivity contribution in [1.29, 1.82) is 0 Å². The van der Waals surface area contributed by atoms with Gasteiger partial charge in [-0.15, -0.1) is 0 Å². The minimum Gasteiger partial charge on any atom is -0.487 e. The quantitative estimate of drug-likeness (QED) is 0.0648. The molecule has 0 aliphatic heterocycles. The number of aromatic amines is 1. The lowest BCUT2D eigenvalue weighted by Gasteiger charge is -2.27. The van der Waals surface area contributed by atoms with Gasteiger partial charge in [-0.25, -0.2) is 14.6 Å². The molecule has 0 aliphatic rings. The largest absolute Gasteiger partial charge is 0.487 e. The summed E-state index contributed by atoms with van der Waals surface area (Å²) in [5, 5.41) is 0. The van der Waals surface area contributed by atoms with Crippen LogP contribution in [0, 0.1) is 0 Å². The SMILES string of the molecule is CC(C)Oc1cc(N(Cc2cccnc2)c2ccc(C(=O)OC(C)(C)C)cc2)ccc1OC(F)F.CC(C)Oc1cc(N(Cc2cnc[nH]2)c2ccc(C(=O)OC(C)(C)C)cc2)ccc1OC(F)F. The Bertz CT molecular complexity index is 2550. The highest BCUT2D eigenvalue weighted by Crippen LogP contribution is 2.39. The highest BCUT2D eigenvalue weighted by atomic mass is 19.3. The van der Waals surface area contributed by atoms with Gasteiger partial charge in [0.25, 0.3) is 0 Å². The van der Waals surface area contributed by atoms with Crippen LogP contribution >= 0.6 is 0 Å². The Kier molecular flexibility index (Phi) is 18.0. The van der Waals surface area contributed by atoms with Gasteiger partial charge in [-0.2, -0.15) is 17.6 Å². The van der Waals surface area contributed by atoms with E-state index in [-0.39, 0.29) is 35.2 Å². The second-order valence-electron chi connectivity index (χ2n) is 18.1. The van der Waals surface area contributed by atoms with Crippen LogP contribution in [0.4, 0.5) is 40.3 Å². The smallest absolute Gasteiger partial charge is 0.387 e. The number of aromatic nitrogens is 3. The van der Waals surface area contributed by atoms with E-state index >= 15 is 0 Å². The molecule has 4 aromatic carbocycles. The Morgan fingerprint density at radius 1 is 0.551 bits per heavy atom. The van der Waals surface area contributed by atoms with Gasteiger partial charge < -0.3 is 43.2 Å². The summed E-state index contributed by atoms with van der Waals surface area (Å²) >= 11 is 0. The number of H-pyrrole nitrogens is 1. The zero-order chi connectivity index (χ0) is 50.5. The molecule has 0 fully saturated rings. The number of alkyl halides is 4. The van der Waals surface area contributed by atoms with E-state index in [1.807, 2.05) is 89.5 Å². The molecule has 2 aromatic heterocycles. The van der Waals surface area contributed by atoms with E-state index in [0.29, 0.717) is 35.6 Å². The van der Waals surface area contributed by atoms with Gasteiger partial charge in [0.05, 0.1) is 41.9 Å². The summed E-state index contributed by atoms with van der Waals surface area (Å²) in [6.07, 6.45) is 6.22. The van der Waals surface area contributed by atoms with E-state index in [1.54, 1.807) is 99.4 Å². The fourth-order valence-corrected chi connectivity index (χ4v) is 6.52. The number of hydrogen-bond acceptors (Lipinski definition) is 12. The number of carbonyl (C=O) groups excluding carboxylic acids is 2. The van der Waals surface area contributed by atoms with Gasteiger partial charge in [-0.1, -0.05) is 6.07 Å². The van der Waals surface area contributed by atoms with E-state index < -0.39 is 36.4 Å². The molecule has 0 unspecified atom stereocenters. The molecular formula is C52H59F4N5O8. The summed E-state index contributed by atoms with van der Waals surface area (Å²) in [6, 6.07) is 27.3. The Morgan fingerprint density at radius 3 is 1.35 bits per heavy atom. The number of anilines is 4. The van der Waals surface area contributed by atoms with Crippen LogP contribution in [0.25, 0.3) is 0 Å². The zero-order valence-corrected chi connectivity index (χ0v) is 40.3. The van der Waals surface area contributed by atoms with Crippen molar-refractivity contribution in [3.8, 4) is 23.0 Å². The van der Waals surface area contributed by atoms with Crippen molar-refractivity contribution in [1.82, 2.24) is 15.0 Å². The van der Waals surface area contributed by atoms with Crippen molar-refractivity contribution in [2.75, 3.05) is 9.80 Å². The molecule has 17 heteroatoms. The van der Waals surface area contributed by atoms with Crippen molar-refractivity contribution in [2.24, 2.45) is 0 Å². The Balaban J connectivity index is 0.000000258. The summed E-state index contributed by atoms with van der Waals surface area (Å²) in [7, 11) is 0. The standard InChI is InChI=1S/C27H30F2N2O4.C25H29F2N3O4/c1-18(2)33-24-15-22(12-13-23(24)34-26(28)29)31(17-19-7-6-14-30-16-19)21-10-8-20(9-11-21)25(32)35-27(3,4)5;1-16(2)32-22-12-20(10-11-21(22)33-24(26)27)30(14-18-13-28-15-29-18)19-8-6-17(7-9-19)23(31)34-25(3,4)5/h6-16,18,26H,17H2,1-5H3;6-13,15-16,24H,14H2,1-5H3,(H,28,29). The molecule has 0 saturated heterocycles. The topological polar surface area (TPSA) is 138 Å². The van der Waals surface area contributed by atoms with Crippen molar-refractivity contribution in [3.63, 3.8) is 0 Å². The van der Waals surface area contributed by atoms with E-state index in [0.717, 1.165) is 22.6 Å². The molecule has 0 amide bonds. The molecule has 0 atom stereocenters. The van der Waals surface area contributed by atoms with Gasteiger partial charge in [0, 0.05) is 60.0 Å². The van der Waals surface area contributed by atoms with E-state index in [1.165, 1.54) is 12.1 Å². The third-order valence-corrected chi connectivity index (χ3v) is 9.21. The van der Waals surface area contributed by atoms with Crippen molar-refractivity contribution in [3.05, 3.63) is 144 Å². The number of imidazole rings is 1. The monoisotopic (exact) mass is 957 g/mol. The number of nitrogens with zero attached hydrogens (tertiary/aromatic N) is 4. The van der Waals surface area contributed by atoms with E-state index in [2.05, 4.69) is 24.4 Å². The number of carbonyl (C=O) groups is 2. The first-order valence-electron chi connectivity index (χ1n) is 22.1. The normalized spacial score (nSPS) is 11.5. The minimum absolute atomic E-state index is 0.0425. The van der Waals surface area contributed by atoms with Crippen molar-refractivity contribution >= 4 is 34.7 Å². The molecule has 6 rings (SSSR count). The van der Waals surface area contributed by atoms with Gasteiger partial charge in [0.1, 0.15) is 11.2 Å². The fraction of sp³-hybridized carbons (Fsp3) is 0.346. The molecule has 6 aromatic rings. The second-order valence-corrected chi connectivity index (χ2v) is 18.1. The fourth-order valence-electron chi connectivity index (χ4n) is 6.52. The third-order valence-electron chi connectivity index (χ3n) is 9.21. The van der Waals surface area contributed by atoms with Crippen molar-refractivity contribution < 1.29 is 55.6 Å². The lowest BCUT2D eigenvalue weighted by Crippen LogP contribution is -2.24. The number of pyridine rings is 1. The maximum atomic E-state index is 12.9. The van der Waals surface area contributed by atoms with Crippen LogP contribution in [0.15, 0.2) is 122 Å². The molecule has 0 radical (unpaired) electrons. The number of rotatable bonds is 18. The average molecular weight is 958 g/mol. The molecule has 0 aliphatic carbocycles. The Hall–Kier alpha value is -7.30. The summed E-state index contributed by atoms with van der Waals surface area (Å²) < 4.78 is 83.3. The molecule has 2 heterocycles. The Labute approximate surface area is 400 Å². The van der Waals surface area contributed by atoms with Gasteiger partial charge >= 0.3 is 25.2 Å². The Morgan fingerprint density at radius 2 is 0.986 bits per heavy atom. The van der Waals surface area contributed by atoms with E-state index in [9.17, 15) is 27.2 Å². The average Bonchev–Trinajstić information content (AvgIpc) is 3.78. The summed E-state index contributed by atoms with van der Waals surface area (Å²) in [5.74, 6) is -0.510. The molecule has 0 spiro atoms. The van der Waals surface area contributed by atoms with E-state index in [4.69, 9.17) is 18.9 Å². The van der Waals surface area contributed by atoms with Gasteiger partial charge in [-0.05, 0) is 154 Å². The van der Waals surface area contributed by atoms with Crippen LogP contribution < -0.4 is 28.7 Å². The molecule has 1 N–H and O–H groups in total. The van der Waals surface area contributed by atoms with Gasteiger partial charge in [0.15, 0.2) is 23.0 Å². The molecule has 368 valence electrons. The number of hydrogen-bond donors (Lipinski definition) is 1. The first-order valence-corrected chi connectivity index (χ1v) is 22.1. The third kappa shape index (κ3) is 16.8. The van der Waals surface area contributed by atoms with Crippen LogP contribution in [0.1, 0.15) is 101 Å². The van der Waals surface area contributed by atoms with Crippen LogP contribution in [0.5, 0.6) is 23.0 Å². The number of halogens is 4. The first kappa shape index (κ1) is 52.7. The maximum Gasteiger partial charge on any atom is 0.387 e. The lowest BCUT2D eigenvalue weighted by atomic mass is 10.1. The van der Waals surface area contributed by atoms with Crippen LogP contribution in [-0.2, 0) is 22.6 Å². The number of esters is 2. The van der Waals surface area contributed by atoms with Gasteiger partial charge in [0.2, 0.25) is 0 Å². The van der Waals surface area contributed by atoms with Crippen LogP contribution in [0.2, 0.25) is 0 Å². The summed E-state index contributed by atoms with van der Waals surface area (Å²) in [5.41, 5.74) is 4.32. The first-order chi connectivity index (χ1) is 32.5. The second kappa shape index (κ2) is 23.6. The summed E-state index contributed by atoms with van der Waals surface area (Å²) in [4.78, 5) is 40.1. The van der Waals surface area contributed by atoms with Crippen LogP contribution in [0.3, 0.4) is 0 Å². The minimum atomic E-state index is -2.97. The molecule has 0 saturated carbocycles. The lowest BCUT2D eigenvalue weighted by molar-refractivity contribution is -0.0524. The molecule has 13 nitrogen and oxygen atoms in total. The predicted octanol–water partition coefficient (Wildman–Crippen LogP) is 12.9. The highest BCUT2D eigenvalue weighted by molar-refractivity contribution is 5.91.